The van der Waals surface area contributed by atoms with Gasteiger partial charge in [-0.25, -0.2) is 0 Å². The third-order valence-electron chi connectivity index (χ3n) is 3.45. The van der Waals surface area contributed by atoms with Crippen LogP contribution >= 0.6 is 35.0 Å². The number of rotatable bonds is 5. The number of benzene rings is 2. The summed E-state index contributed by atoms with van der Waals surface area (Å²) in [4.78, 5) is 1.02. The van der Waals surface area contributed by atoms with Crippen LogP contribution in [-0.2, 0) is 0 Å². The minimum atomic E-state index is 0.283. The number of hydrogen-bond donors (Lipinski definition) is 1. The molecule has 1 N–H and O–H groups in total. The summed E-state index contributed by atoms with van der Waals surface area (Å²) >= 11 is 14.0. The van der Waals surface area contributed by atoms with Crippen molar-refractivity contribution in [3.05, 3.63) is 63.1 Å². The van der Waals surface area contributed by atoms with Gasteiger partial charge < -0.3 is 5.32 Å². The second-order valence-electron chi connectivity index (χ2n) is 5.09. The third kappa shape index (κ3) is 4.40. The van der Waals surface area contributed by atoms with Crippen LogP contribution in [0.3, 0.4) is 0 Å². The van der Waals surface area contributed by atoms with E-state index in [-0.39, 0.29) is 6.04 Å². The van der Waals surface area contributed by atoms with E-state index in [9.17, 15) is 0 Å². The van der Waals surface area contributed by atoms with E-state index >= 15 is 0 Å². The molecule has 4 heteroatoms. The van der Waals surface area contributed by atoms with Crippen LogP contribution in [0.15, 0.2) is 41.3 Å². The van der Waals surface area contributed by atoms with Crippen molar-refractivity contribution in [2.24, 2.45) is 0 Å². The molecule has 21 heavy (non-hydrogen) atoms. The van der Waals surface area contributed by atoms with E-state index in [1.54, 1.807) is 11.8 Å². The molecule has 0 aliphatic rings. The Labute approximate surface area is 141 Å². The van der Waals surface area contributed by atoms with Crippen LogP contribution in [0.5, 0.6) is 0 Å². The number of halogens is 2. The van der Waals surface area contributed by atoms with E-state index in [1.165, 1.54) is 16.7 Å². The number of aryl methyl sites for hydroxylation is 2. The SMILES string of the molecule is CNC(CSc1cc(Cl)ccc1Cl)c1ccc(C)cc1C. The molecule has 0 saturated carbocycles. The van der Waals surface area contributed by atoms with Gasteiger partial charge in [-0.1, -0.05) is 47.0 Å². The first-order valence-corrected chi connectivity index (χ1v) is 8.57. The van der Waals surface area contributed by atoms with Crippen molar-refractivity contribution >= 4 is 35.0 Å². The lowest BCUT2D eigenvalue weighted by Gasteiger charge is -2.19. The Bertz CT molecular complexity index is 628. The number of thioether (sulfide) groups is 1. The van der Waals surface area contributed by atoms with Gasteiger partial charge in [-0.3, -0.25) is 0 Å². The molecule has 112 valence electrons. The van der Waals surface area contributed by atoms with Gasteiger partial charge in [-0.15, -0.1) is 11.8 Å². The monoisotopic (exact) mass is 339 g/mol. The molecule has 0 saturated heterocycles. The summed E-state index contributed by atoms with van der Waals surface area (Å²) in [6.07, 6.45) is 0. The van der Waals surface area contributed by atoms with Gasteiger partial charge >= 0.3 is 0 Å². The van der Waals surface area contributed by atoms with Gasteiger partial charge in [0, 0.05) is 21.7 Å². The zero-order valence-corrected chi connectivity index (χ0v) is 14.7. The average Bonchev–Trinajstić information content (AvgIpc) is 2.44. The maximum Gasteiger partial charge on any atom is 0.0542 e. The molecule has 0 amide bonds. The van der Waals surface area contributed by atoms with Gasteiger partial charge in [-0.05, 0) is 50.2 Å². The molecule has 0 aliphatic heterocycles. The second kappa shape index (κ2) is 7.55. The zero-order chi connectivity index (χ0) is 15.4. The molecule has 0 aliphatic carbocycles. The predicted octanol–water partition coefficient (Wildman–Crippen LogP) is 5.66. The molecule has 1 atom stereocenters. The van der Waals surface area contributed by atoms with Crippen molar-refractivity contribution in [3.8, 4) is 0 Å². The molecule has 2 aromatic rings. The van der Waals surface area contributed by atoms with Gasteiger partial charge in [0.1, 0.15) is 0 Å². The zero-order valence-electron chi connectivity index (χ0n) is 12.4. The Morgan fingerprint density at radius 1 is 1.10 bits per heavy atom. The quantitative estimate of drug-likeness (QED) is 0.705. The molecule has 1 unspecified atom stereocenters. The van der Waals surface area contributed by atoms with E-state index < -0.39 is 0 Å². The highest BCUT2D eigenvalue weighted by molar-refractivity contribution is 7.99. The molecule has 2 aromatic carbocycles. The summed E-state index contributed by atoms with van der Waals surface area (Å²) in [5.41, 5.74) is 3.93. The van der Waals surface area contributed by atoms with Crippen LogP contribution in [0.2, 0.25) is 10.0 Å². The molecule has 0 radical (unpaired) electrons. The minimum Gasteiger partial charge on any atom is -0.312 e. The maximum absolute atomic E-state index is 6.22. The third-order valence-corrected chi connectivity index (χ3v) is 5.27. The first kappa shape index (κ1) is 16.7. The largest absolute Gasteiger partial charge is 0.312 e. The van der Waals surface area contributed by atoms with Crippen LogP contribution in [0, 0.1) is 13.8 Å². The first-order chi connectivity index (χ1) is 10.0. The van der Waals surface area contributed by atoms with Crippen LogP contribution in [0.1, 0.15) is 22.7 Å². The van der Waals surface area contributed by atoms with Crippen molar-refractivity contribution in [1.29, 1.82) is 0 Å². The molecule has 0 spiro atoms. The summed E-state index contributed by atoms with van der Waals surface area (Å²) in [5.74, 6) is 0.903. The highest BCUT2D eigenvalue weighted by Crippen LogP contribution is 2.33. The summed E-state index contributed by atoms with van der Waals surface area (Å²) in [6.45, 7) is 4.27. The molecule has 0 fully saturated rings. The summed E-state index contributed by atoms with van der Waals surface area (Å²) in [7, 11) is 1.99. The standard InChI is InChI=1S/C17H19Cl2NS/c1-11-4-6-14(12(2)8-11)16(20-3)10-21-17-9-13(18)5-7-15(17)19/h4-9,16,20H,10H2,1-3H3. The van der Waals surface area contributed by atoms with E-state index in [0.29, 0.717) is 0 Å². The molecule has 0 bridgehead atoms. The van der Waals surface area contributed by atoms with Crippen molar-refractivity contribution in [1.82, 2.24) is 5.32 Å². The van der Waals surface area contributed by atoms with E-state index in [0.717, 1.165) is 20.7 Å². The maximum atomic E-state index is 6.22. The van der Waals surface area contributed by atoms with Gasteiger partial charge in [0.25, 0.3) is 0 Å². The first-order valence-electron chi connectivity index (χ1n) is 6.83. The second-order valence-corrected chi connectivity index (χ2v) is 6.99. The van der Waals surface area contributed by atoms with Crippen LogP contribution < -0.4 is 5.32 Å². The van der Waals surface area contributed by atoms with Gasteiger partial charge in [0.2, 0.25) is 0 Å². The summed E-state index contributed by atoms with van der Waals surface area (Å²) < 4.78 is 0. The van der Waals surface area contributed by atoms with Crippen LogP contribution in [0.25, 0.3) is 0 Å². The van der Waals surface area contributed by atoms with E-state index in [1.807, 2.05) is 25.2 Å². The highest BCUT2D eigenvalue weighted by Gasteiger charge is 2.13. The molecule has 0 heterocycles. The van der Waals surface area contributed by atoms with Crippen LogP contribution in [0.4, 0.5) is 0 Å². The predicted molar refractivity (Wildman–Crippen MR) is 94.9 cm³/mol. The van der Waals surface area contributed by atoms with E-state index in [2.05, 4.69) is 37.4 Å². The van der Waals surface area contributed by atoms with Crippen molar-refractivity contribution in [2.75, 3.05) is 12.8 Å². The Balaban J connectivity index is 2.14. The van der Waals surface area contributed by atoms with Crippen molar-refractivity contribution in [3.63, 3.8) is 0 Å². The molecule has 0 aromatic heterocycles. The molecular weight excluding hydrogens is 321 g/mol. The summed E-state index contributed by atoms with van der Waals surface area (Å²) in [6, 6.07) is 12.4. The van der Waals surface area contributed by atoms with Gasteiger partial charge in [-0.2, -0.15) is 0 Å². The topological polar surface area (TPSA) is 12.0 Å². The minimum absolute atomic E-state index is 0.283. The smallest absolute Gasteiger partial charge is 0.0542 e. The lowest BCUT2D eigenvalue weighted by Crippen LogP contribution is -2.19. The average molecular weight is 340 g/mol. The fourth-order valence-corrected chi connectivity index (χ4v) is 3.93. The Hall–Kier alpha value is -0.670. The van der Waals surface area contributed by atoms with E-state index in [4.69, 9.17) is 23.2 Å². The lowest BCUT2D eigenvalue weighted by atomic mass is 10.0. The summed E-state index contributed by atoms with van der Waals surface area (Å²) in [5, 5.41) is 4.85. The van der Waals surface area contributed by atoms with Gasteiger partial charge in [0.05, 0.1) is 5.02 Å². The molecule has 2 rings (SSSR count). The Morgan fingerprint density at radius 3 is 2.52 bits per heavy atom. The van der Waals surface area contributed by atoms with Crippen molar-refractivity contribution in [2.45, 2.75) is 24.8 Å². The lowest BCUT2D eigenvalue weighted by molar-refractivity contribution is 0.657. The molecule has 1 nitrogen and oxygen atoms in total. The fourth-order valence-electron chi connectivity index (χ4n) is 2.31. The van der Waals surface area contributed by atoms with Gasteiger partial charge in [0.15, 0.2) is 0 Å². The Morgan fingerprint density at radius 2 is 1.86 bits per heavy atom. The fraction of sp³-hybridized carbons (Fsp3) is 0.294. The van der Waals surface area contributed by atoms with Crippen molar-refractivity contribution < 1.29 is 0 Å². The number of hydrogen-bond acceptors (Lipinski definition) is 2. The normalized spacial score (nSPS) is 12.4. The van der Waals surface area contributed by atoms with Crippen LogP contribution in [-0.4, -0.2) is 12.8 Å². The molecular formula is C17H19Cl2NS. The number of nitrogens with one attached hydrogen (secondary N) is 1. The Kier molecular flexibility index (Phi) is 6.00. The highest BCUT2D eigenvalue weighted by atomic mass is 35.5.